The van der Waals surface area contributed by atoms with Gasteiger partial charge in [0.05, 0.1) is 0 Å². The van der Waals surface area contributed by atoms with E-state index in [0.717, 1.165) is 35.9 Å². The van der Waals surface area contributed by atoms with Crippen molar-refractivity contribution in [3.63, 3.8) is 0 Å². The molecule has 1 heterocycles. The molecule has 0 amide bonds. The Kier molecular flexibility index (Phi) is 3.94. The largest absolute Gasteiger partial charge is 0.310 e. The van der Waals surface area contributed by atoms with Crippen LogP contribution in [-0.4, -0.2) is 16.7 Å². The fourth-order valence-corrected chi connectivity index (χ4v) is 4.57. The normalized spacial score (nSPS) is 30.2. The Balaban J connectivity index is 1.51. The molecule has 2 aliphatic carbocycles. The van der Waals surface area contributed by atoms with Gasteiger partial charge in [0.2, 0.25) is 0 Å². The van der Waals surface area contributed by atoms with Gasteiger partial charge >= 0.3 is 0 Å². The van der Waals surface area contributed by atoms with Crippen LogP contribution in [0.2, 0.25) is 0 Å². The predicted octanol–water partition coefficient (Wildman–Crippen LogP) is 3.02. The summed E-state index contributed by atoms with van der Waals surface area (Å²) < 4.78 is 0. The molecule has 3 unspecified atom stereocenters. The first-order valence-electron chi connectivity index (χ1n) is 7.37. The van der Waals surface area contributed by atoms with Crippen LogP contribution < -0.4 is 5.32 Å². The maximum absolute atomic E-state index is 4.37. The highest BCUT2D eigenvalue weighted by atomic mass is 32.1. The van der Waals surface area contributed by atoms with Crippen molar-refractivity contribution < 1.29 is 0 Å². The summed E-state index contributed by atoms with van der Waals surface area (Å²) in [5.41, 5.74) is 0. The number of rotatable bonds is 6. The van der Waals surface area contributed by atoms with Crippen molar-refractivity contribution in [1.82, 2.24) is 15.5 Å². The highest BCUT2D eigenvalue weighted by molar-refractivity contribution is 7.11. The third-order valence-corrected chi connectivity index (χ3v) is 5.48. The first kappa shape index (κ1) is 12.5. The van der Waals surface area contributed by atoms with E-state index >= 15 is 0 Å². The van der Waals surface area contributed by atoms with Gasteiger partial charge in [0.25, 0.3) is 0 Å². The van der Waals surface area contributed by atoms with Gasteiger partial charge in [-0.2, -0.15) is 0 Å². The van der Waals surface area contributed by atoms with E-state index < -0.39 is 0 Å². The molecule has 3 nitrogen and oxygen atoms in total. The third kappa shape index (κ3) is 2.75. The second-order valence-corrected chi connectivity index (χ2v) is 7.05. The van der Waals surface area contributed by atoms with E-state index in [-0.39, 0.29) is 0 Å². The van der Waals surface area contributed by atoms with Crippen molar-refractivity contribution in [2.45, 2.75) is 52.0 Å². The molecule has 18 heavy (non-hydrogen) atoms. The van der Waals surface area contributed by atoms with E-state index in [1.165, 1.54) is 43.5 Å². The molecule has 3 rings (SSSR count). The number of fused-ring (bicyclic) bond motifs is 2. The Bertz CT molecular complexity index is 390. The van der Waals surface area contributed by atoms with Crippen LogP contribution in [0.3, 0.4) is 0 Å². The molecule has 2 fully saturated rings. The fourth-order valence-electron chi connectivity index (χ4n) is 3.67. The van der Waals surface area contributed by atoms with Crippen LogP contribution in [0.5, 0.6) is 0 Å². The Morgan fingerprint density at radius 1 is 1.22 bits per heavy atom. The van der Waals surface area contributed by atoms with Crippen LogP contribution in [0, 0.1) is 17.8 Å². The van der Waals surface area contributed by atoms with Gasteiger partial charge < -0.3 is 5.32 Å². The molecule has 2 aliphatic rings. The quantitative estimate of drug-likeness (QED) is 0.803. The molecule has 2 bridgehead atoms. The van der Waals surface area contributed by atoms with Crippen molar-refractivity contribution in [3.8, 4) is 0 Å². The Morgan fingerprint density at radius 2 is 2.11 bits per heavy atom. The number of hydrogen-bond donors (Lipinski definition) is 1. The molecule has 4 heteroatoms. The van der Waals surface area contributed by atoms with E-state index in [1.807, 2.05) is 11.3 Å². The Labute approximate surface area is 113 Å². The summed E-state index contributed by atoms with van der Waals surface area (Å²) in [5.74, 6) is 2.95. The lowest BCUT2D eigenvalue weighted by atomic mass is 9.87. The molecule has 1 aromatic rings. The van der Waals surface area contributed by atoms with Gasteiger partial charge in [-0.15, -0.1) is 21.5 Å². The zero-order chi connectivity index (χ0) is 12.4. The summed E-state index contributed by atoms with van der Waals surface area (Å²) in [5, 5.41) is 14.5. The van der Waals surface area contributed by atoms with Gasteiger partial charge in [-0.3, -0.25) is 0 Å². The van der Waals surface area contributed by atoms with Gasteiger partial charge in [-0.1, -0.05) is 13.3 Å². The fraction of sp³-hybridized carbons (Fsp3) is 0.857. The van der Waals surface area contributed by atoms with Crippen molar-refractivity contribution in [2.24, 2.45) is 17.8 Å². The van der Waals surface area contributed by atoms with E-state index in [1.54, 1.807) is 0 Å². The molecule has 1 N–H and O–H groups in total. The van der Waals surface area contributed by atoms with Crippen molar-refractivity contribution in [2.75, 3.05) is 6.54 Å². The summed E-state index contributed by atoms with van der Waals surface area (Å²) >= 11 is 1.81. The molecule has 0 aromatic carbocycles. The number of aromatic nitrogens is 2. The Hall–Kier alpha value is -0.480. The molecule has 1 aromatic heterocycles. The molecular weight excluding hydrogens is 242 g/mol. The molecule has 0 spiro atoms. The minimum atomic E-state index is 0.891. The van der Waals surface area contributed by atoms with Crippen molar-refractivity contribution >= 4 is 11.3 Å². The minimum Gasteiger partial charge on any atom is -0.310 e. The molecule has 0 radical (unpaired) electrons. The average Bonchev–Trinajstić information content (AvgIpc) is 3.06. The lowest BCUT2D eigenvalue weighted by Crippen LogP contribution is -2.13. The van der Waals surface area contributed by atoms with Crippen LogP contribution in [0.4, 0.5) is 0 Å². The predicted molar refractivity (Wildman–Crippen MR) is 74.5 cm³/mol. The lowest BCUT2D eigenvalue weighted by Gasteiger charge is -2.19. The molecular formula is C14H23N3S. The highest BCUT2D eigenvalue weighted by Crippen LogP contribution is 2.49. The maximum atomic E-state index is 4.37. The highest BCUT2D eigenvalue weighted by Gasteiger charge is 2.39. The van der Waals surface area contributed by atoms with Crippen molar-refractivity contribution in [3.05, 3.63) is 10.0 Å². The monoisotopic (exact) mass is 265 g/mol. The van der Waals surface area contributed by atoms with Crippen LogP contribution in [-0.2, 0) is 13.0 Å². The summed E-state index contributed by atoms with van der Waals surface area (Å²) in [6.07, 6.45) is 8.27. The summed E-state index contributed by atoms with van der Waals surface area (Å²) in [7, 11) is 0. The Morgan fingerprint density at radius 3 is 2.83 bits per heavy atom. The molecule has 100 valence electrons. The first-order valence-corrected chi connectivity index (χ1v) is 8.18. The number of nitrogens with one attached hydrogen (secondary N) is 1. The first-order chi connectivity index (χ1) is 8.85. The zero-order valence-corrected chi connectivity index (χ0v) is 12.0. The number of nitrogens with zero attached hydrogens (tertiary/aromatic N) is 2. The van der Waals surface area contributed by atoms with Crippen molar-refractivity contribution in [1.29, 1.82) is 0 Å². The number of hydrogen-bond acceptors (Lipinski definition) is 4. The third-order valence-electron chi connectivity index (χ3n) is 4.53. The summed E-state index contributed by atoms with van der Waals surface area (Å²) in [6.45, 7) is 4.15. The van der Waals surface area contributed by atoms with Gasteiger partial charge in [0.15, 0.2) is 0 Å². The standard InChI is InChI=1S/C14H23N3S/c1-2-5-15-9-14-17-16-13(18-14)8-12-7-10-3-4-11(12)6-10/h10-12,15H,2-9H2,1H3. The zero-order valence-electron chi connectivity index (χ0n) is 11.2. The topological polar surface area (TPSA) is 37.8 Å². The van der Waals surface area contributed by atoms with Gasteiger partial charge in [-0.05, 0) is 50.0 Å². The SMILES string of the molecule is CCCNCc1nnc(CC2CC3CCC2C3)s1. The second kappa shape index (κ2) is 5.66. The van der Waals surface area contributed by atoms with E-state index in [9.17, 15) is 0 Å². The maximum Gasteiger partial charge on any atom is 0.131 e. The smallest absolute Gasteiger partial charge is 0.131 e. The van der Waals surface area contributed by atoms with E-state index in [4.69, 9.17) is 0 Å². The van der Waals surface area contributed by atoms with Gasteiger partial charge in [0.1, 0.15) is 10.0 Å². The van der Waals surface area contributed by atoms with Crippen LogP contribution in [0.25, 0.3) is 0 Å². The van der Waals surface area contributed by atoms with Crippen LogP contribution in [0.15, 0.2) is 0 Å². The van der Waals surface area contributed by atoms with Gasteiger partial charge in [-0.25, -0.2) is 0 Å². The summed E-state index contributed by atoms with van der Waals surface area (Å²) in [4.78, 5) is 0. The second-order valence-electron chi connectivity index (χ2n) is 5.91. The lowest BCUT2D eigenvalue weighted by molar-refractivity contribution is 0.331. The molecule has 0 saturated heterocycles. The summed E-state index contributed by atoms with van der Waals surface area (Å²) in [6, 6.07) is 0. The minimum absolute atomic E-state index is 0.891. The molecule has 0 aliphatic heterocycles. The molecule has 2 saturated carbocycles. The van der Waals surface area contributed by atoms with Crippen LogP contribution >= 0.6 is 11.3 Å². The molecule has 3 atom stereocenters. The van der Waals surface area contributed by atoms with Gasteiger partial charge in [0, 0.05) is 13.0 Å². The average molecular weight is 265 g/mol. The van der Waals surface area contributed by atoms with Crippen LogP contribution in [0.1, 0.15) is 49.0 Å². The van der Waals surface area contributed by atoms with E-state index in [2.05, 4.69) is 22.4 Å². The van der Waals surface area contributed by atoms with E-state index in [0.29, 0.717) is 0 Å².